The SMILES string of the molecule is NC(N)=NCCCC(N)C(=O)NCc1cn[nH]n1. The van der Waals surface area contributed by atoms with Gasteiger partial charge in [-0.15, -0.1) is 0 Å². The van der Waals surface area contributed by atoms with Gasteiger partial charge in [0.1, 0.15) is 5.69 Å². The lowest BCUT2D eigenvalue weighted by atomic mass is 10.1. The van der Waals surface area contributed by atoms with Gasteiger partial charge in [-0.3, -0.25) is 9.79 Å². The first kappa shape index (κ1) is 13.9. The number of hydrogen-bond acceptors (Lipinski definition) is 5. The molecule has 1 aromatic rings. The Kier molecular flexibility index (Phi) is 5.58. The third-order valence-corrected chi connectivity index (χ3v) is 2.21. The first-order valence-corrected chi connectivity index (χ1v) is 5.53. The minimum absolute atomic E-state index is 0.0408. The fourth-order valence-electron chi connectivity index (χ4n) is 1.27. The van der Waals surface area contributed by atoms with Gasteiger partial charge in [-0.1, -0.05) is 0 Å². The van der Waals surface area contributed by atoms with Crippen LogP contribution in [0, 0.1) is 0 Å². The number of aromatic nitrogens is 3. The molecular weight excluding hydrogens is 236 g/mol. The lowest BCUT2D eigenvalue weighted by Gasteiger charge is -2.10. The summed E-state index contributed by atoms with van der Waals surface area (Å²) < 4.78 is 0. The van der Waals surface area contributed by atoms with E-state index in [2.05, 4.69) is 25.7 Å². The molecule has 1 amide bonds. The molecule has 9 nitrogen and oxygen atoms in total. The molecule has 8 N–H and O–H groups in total. The van der Waals surface area contributed by atoms with Gasteiger partial charge in [-0.05, 0) is 12.8 Å². The van der Waals surface area contributed by atoms with Gasteiger partial charge in [0.2, 0.25) is 5.91 Å². The van der Waals surface area contributed by atoms with E-state index >= 15 is 0 Å². The Morgan fingerprint density at radius 1 is 1.56 bits per heavy atom. The van der Waals surface area contributed by atoms with Crippen LogP contribution in [-0.4, -0.2) is 39.9 Å². The Labute approximate surface area is 104 Å². The van der Waals surface area contributed by atoms with Gasteiger partial charge in [0.05, 0.1) is 18.8 Å². The second-order valence-electron chi connectivity index (χ2n) is 3.73. The van der Waals surface area contributed by atoms with Crippen molar-refractivity contribution < 1.29 is 4.79 Å². The number of carbonyl (C=O) groups is 1. The standard InChI is InChI=1S/C9H18N8O/c10-7(2-1-3-13-9(11)12)8(18)14-4-6-5-15-17-16-6/h5,7H,1-4,10H2,(H,14,18)(H4,11,12,13)(H,15,16,17). The average Bonchev–Trinajstić information content (AvgIpc) is 2.84. The molecule has 1 aromatic heterocycles. The van der Waals surface area contributed by atoms with Gasteiger partial charge in [-0.2, -0.15) is 15.4 Å². The highest BCUT2D eigenvalue weighted by Crippen LogP contribution is 1.96. The van der Waals surface area contributed by atoms with Crippen molar-refractivity contribution in [3.8, 4) is 0 Å². The summed E-state index contributed by atoms with van der Waals surface area (Å²) in [6.45, 7) is 0.767. The molecule has 1 rings (SSSR count). The molecule has 0 aliphatic rings. The van der Waals surface area contributed by atoms with E-state index in [0.29, 0.717) is 31.6 Å². The summed E-state index contributed by atoms with van der Waals surface area (Å²) in [6.07, 6.45) is 2.70. The fourth-order valence-corrected chi connectivity index (χ4v) is 1.27. The van der Waals surface area contributed by atoms with Crippen LogP contribution in [0.2, 0.25) is 0 Å². The lowest BCUT2D eigenvalue weighted by Crippen LogP contribution is -2.40. The number of H-pyrrole nitrogens is 1. The molecule has 1 atom stereocenters. The van der Waals surface area contributed by atoms with Crippen molar-refractivity contribution in [1.29, 1.82) is 0 Å². The number of guanidine groups is 1. The zero-order chi connectivity index (χ0) is 13.4. The summed E-state index contributed by atoms with van der Waals surface area (Å²) in [4.78, 5) is 15.4. The number of nitrogens with zero attached hydrogens (tertiary/aromatic N) is 3. The van der Waals surface area contributed by atoms with E-state index in [0.717, 1.165) is 0 Å². The van der Waals surface area contributed by atoms with E-state index in [4.69, 9.17) is 17.2 Å². The van der Waals surface area contributed by atoms with Gasteiger partial charge >= 0.3 is 0 Å². The van der Waals surface area contributed by atoms with Gasteiger partial charge < -0.3 is 22.5 Å². The molecule has 1 unspecified atom stereocenters. The summed E-state index contributed by atoms with van der Waals surface area (Å²) in [5, 5.41) is 12.5. The average molecular weight is 254 g/mol. The van der Waals surface area contributed by atoms with Crippen LogP contribution in [0.15, 0.2) is 11.2 Å². The van der Waals surface area contributed by atoms with Crippen LogP contribution in [0.5, 0.6) is 0 Å². The van der Waals surface area contributed by atoms with Crippen molar-refractivity contribution in [3.63, 3.8) is 0 Å². The van der Waals surface area contributed by atoms with Crippen molar-refractivity contribution in [2.24, 2.45) is 22.2 Å². The summed E-state index contributed by atoms with van der Waals surface area (Å²) in [6, 6.07) is -0.578. The third-order valence-electron chi connectivity index (χ3n) is 2.21. The van der Waals surface area contributed by atoms with Crippen molar-refractivity contribution in [2.75, 3.05) is 6.54 Å². The summed E-state index contributed by atoms with van der Waals surface area (Å²) in [7, 11) is 0. The molecule has 0 aromatic carbocycles. The van der Waals surface area contributed by atoms with Crippen LogP contribution in [0.1, 0.15) is 18.5 Å². The van der Waals surface area contributed by atoms with E-state index in [1.807, 2.05) is 0 Å². The molecule has 0 saturated carbocycles. The van der Waals surface area contributed by atoms with Crippen LogP contribution in [0.4, 0.5) is 0 Å². The first-order chi connectivity index (χ1) is 8.59. The highest BCUT2D eigenvalue weighted by atomic mass is 16.2. The number of amides is 1. The molecular formula is C9H18N8O. The topological polar surface area (TPSA) is 161 Å². The van der Waals surface area contributed by atoms with Crippen LogP contribution < -0.4 is 22.5 Å². The third kappa shape index (κ3) is 5.25. The number of rotatable bonds is 7. The Hall–Kier alpha value is -2.16. The van der Waals surface area contributed by atoms with Crippen molar-refractivity contribution in [1.82, 2.24) is 20.7 Å². The van der Waals surface area contributed by atoms with Gasteiger partial charge in [0.15, 0.2) is 5.96 Å². The maximum Gasteiger partial charge on any atom is 0.237 e. The minimum atomic E-state index is -0.578. The minimum Gasteiger partial charge on any atom is -0.370 e. The van der Waals surface area contributed by atoms with E-state index in [9.17, 15) is 4.79 Å². The van der Waals surface area contributed by atoms with E-state index < -0.39 is 6.04 Å². The van der Waals surface area contributed by atoms with Gasteiger partial charge in [0.25, 0.3) is 0 Å². The lowest BCUT2D eigenvalue weighted by molar-refractivity contribution is -0.122. The van der Waals surface area contributed by atoms with Gasteiger partial charge in [-0.25, -0.2) is 0 Å². The Bertz CT molecular complexity index is 383. The summed E-state index contributed by atoms with van der Waals surface area (Å²) >= 11 is 0. The van der Waals surface area contributed by atoms with Crippen LogP contribution in [0.3, 0.4) is 0 Å². The molecule has 0 aliphatic carbocycles. The van der Waals surface area contributed by atoms with Crippen LogP contribution >= 0.6 is 0 Å². The Morgan fingerprint density at radius 2 is 2.33 bits per heavy atom. The molecule has 1 heterocycles. The zero-order valence-corrected chi connectivity index (χ0v) is 9.97. The Balaban J connectivity index is 2.18. The molecule has 0 spiro atoms. The van der Waals surface area contributed by atoms with E-state index in [1.165, 1.54) is 6.20 Å². The molecule has 0 radical (unpaired) electrons. The zero-order valence-electron chi connectivity index (χ0n) is 9.97. The second-order valence-corrected chi connectivity index (χ2v) is 3.73. The van der Waals surface area contributed by atoms with Crippen LogP contribution in [0.25, 0.3) is 0 Å². The largest absolute Gasteiger partial charge is 0.370 e. The second kappa shape index (κ2) is 7.22. The number of aliphatic imine (C=N–C) groups is 1. The van der Waals surface area contributed by atoms with Crippen molar-refractivity contribution in [3.05, 3.63) is 11.9 Å². The molecule has 100 valence electrons. The smallest absolute Gasteiger partial charge is 0.237 e. The van der Waals surface area contributed by atoms with Crippen LogP contribution in [-0.2, 0) is 11.3 Å². The van der Waals surface area contributed by atoms with E-state index in [-0.39, 0.29) is 11.9 Å². The molecule has 0 fully saturated rings. The molecule has 9 heteroatoms. The first-order valence-electron chi connectivity index (χ1n) is 5.53. The summed E-state index contributed by atoms with van der Waals surface area (Å²) in [5.74, 6) is -0.193. The molecule has 0 saturated heterocycles. The quantitative estimate of drug-likeness (QED) is 0.211. The fraction of sp³-hybridized carbons (Fsp3) is 0.556. The van der Waals surface area contributed by atoms with E-state index in [1.54, 1.807) is 0 Å². The molecule has 0 aliphatic heterocycles. The van der Waals surface area contributed by atoms with Crippen molar-refractivity contribution in [2.45, 2.75) is 25.4 Å². The number of aromatic amines is 1. The highest BCUT2D eigenvalue weighted by molar-refractivity contribution is 5.81. The maximum atomic E-state index is 11.6. The van der Waals surface area contributed by atoms with Crippen molar-refractivity contribution >= 4 is 11.9 Å². The number of hydrogen-bond donors (Lipinski definition) is 5. The monoisotopic (exact) mass is 254 g/mol. The maximum absolute atomic E-state index is 11.6. The normalized spacial score (nSPS) is 11.8. The molecule has 0 bridgehead atoms. The Morgan fingerprint density at radius 3 is 2.94 bits per heavy atom. The number of carbonyl (C=O) groups excluding carboxylic acids is 1. The summed E-state index contributed by atoms with van der Waals surface area (Å²) in [5.41, 5.74) is 16.7. The number of nitrogens with one attached hydrogen (secondary N) is 2. The predicted octanol–water partition coefficient (Wildman–Crippen LogP) is -2.20. The molecule has 18 heavy (non-hydrogen) atoms. The predicted molar refractivity (Wildman–Crippen MR) is 66.1 cm³/mol. The van der Waals surface area contributed by atoms with Gasteiger partial charge in [0, 0.05) is 6.54 Å². The highest BCUT2D eigenvalue weighted by Gasteiger charge is 2.12. The number of nitrogens with two attached hydrogens (primary N) is 3.